The fraction of sp³-hybridized carbons (Fsp3) is 0.310. The van der Waals surface area contributed by atoms with Crippen LogP contribution in [0, 0.1) is 10.1 Å². The number of carbonyl (C=O) groups is 2. The molecule has 0 atom stereocenters. The summed E-state index contributed by atoms with van der Waals surface area (Å²) in [5, 5.41) is 10.8. The number of hydrogen-bond acceptors (Lipinski definition) is 6. The molecule has 4 rings (SSSR count). The number of non-ortho nitro benzene ring substituents is 1. The molecule has 0 heterocycles. The highest BCUT2D eigenvalue weighted by Crippen LogP contribution is 2.44. The Hall–Kier alpha value is -4.20. The zero-order chi connectivity index (χ0) is 26.2. The maximum atomic E-state index is 13.1. The molecule has 1 aliphatic carbocycles. The topological polar surface area (TPSA) is 99.0 Å². The fourth-order valence-electron chi connectivity index (χ4n) is 4.56. The van der Waals surface area contributed by atoms with Crippen molar-refractivity contribution in [3.63, 3.8) is 0 Å². The highest BCUT2D eigenvalue weighted by atomic mass is 16.6. The SMILES string of the molecule is CCCCCCN(C(=O)OCc1ccc([N+](=O)[O-])cc1)C(=O)OCC1c2ccccc2-c2ccccc21. The van der Waals surface area contributed by atoms with E-state index in [-0.39, 0.29) is 31.4 Å². The van der Waals surface area contributed by atoms with Gasteiger partial charge in [0.1, 0.15) is 13.2 Å². The summed E-state index contributed by atoms with van der Waals surface area (Å²) in [6.45, 7) is 2.27. The van der Waals surface area contributed by atoms with E-state index < -0.39 is 17.1 Å². The summed E-state index contributed by atoms with van der Waals surface area (Å²) in [4.78, 5) is 37.3. The molecule has 0 aromatic heterocycles. The van der Waals surface area contributed by atoms with E-state index in [1.54, 1.807) is 0 Å². The molecule has 37 heavy (non-hydrogen) atoms. The maximum absolute atomic E-state index is 13.1. The van der Waals surface area contributed by atoms with Gasteiger partial charge in [0, 0.05) is 24.6 Å². The summed E-state index contributed by atoms with van der Waals surface area (Å²) in [7, 11) is 0. The van der Waals surface area contributed by atoms with Gasteiger partial charge in [0.05, 0.1) is 4.92 Å². The predicted molar refractivity (Wildman–Crippen MR) is 139 cm³/mol. The van der Waals surface area contributed by atoms with Gasteiger partial charge in [-0.3, -0.25) is 10.1 Å². The number of unbranched alkanes of at least 4 members (excludes halogenated alkanes) is 3. The van der Waals surface area contributed by atoms with Gasteiger partial charge >= 0.3 is 12.2 Å². The molecule has 1 aliphatic rings. The number of nitrogens with zero attached hydrogens (tertiary/aromatic N) is 2. The largest absolute Gasteiger partial charge is 0.448 e. The standard InChI is InChI=1S/C29H30N2O6/c1-2-3-4-9-18-30(28(32)36-19-21-14-16-22(17-15-21)31(34)35)29(33)37-20-27-25-12-7-5-10-23(25)24-11-6-8-13-26(24)27/h5-8,10-17,27H,2-4,9,18-20H2,1H3. The molecule has 2 amide bonds. The molecule has 0 unspecified atom stereocenters. The molecular formula is C29H30N2O6. The molecule has 8 heteroatoms. The number of nitro groups is 1. The van der Waals surface area contributed by atoms with Crippen molar-refractivity contribution in [3.05, 3.63) is 99.6 Å². The van der Waals surface area contributed by atoms with E-state index in [0.717, 1.165) is 46.4 Å². The molecule has 0 saturated heterocycles. The molecule has 0 saturated carbocycles. The molecule has 0 aliphatic heterocycles. The molecular weight excluding hydrogens is 472 g/mol. The lowest BCUT2D eigenvalue weighted by Gasteiger charge is -2.22. The summed E-state index contributed by atoms with van der Waals surface area (Å²) >= 11 is 0. The lowest BCUT2D eigenvalue weighted by molar-refractivity contribution is -0.384. The van der Waals surface area contributed by atoms with E-state index in [1.807, 2.05) is 36.4 Å². The lowest BCUT2D eigenvalue weighted by atomic mass is 9.98. The van der Waals surface area contributed by atoms with E-state index in [9.17, 15) is 19.7 Å². The summed E-state index contributed by atoms with van der Waals surface area (Å²) in [6.07, 6.45) is 2.00. The Bertz CT molecular complexity index is 1210. The number of carbonyl (C=O) groups excluding carboxylic acids is 2. The van der Waals surface area contributed by atoms with Gasteiger partial charge in [0.25, 0.3) is 5.69 Å². The zero-order valence-corrected chi connectivity index (χ0v) is 20.8. The highest BCUT2D eigenvalue weighted by molar-refractivity contribution is 5.88. The van der Waals surface area contributed by atoms with Gasteiger partial charge in [-0.15, -0.1) is 0 Å². The van der Waals surface area contributed by atoms with Crippen molar-refractivity contribution in [2.45, 2.75) is 45.1 Å². The van der Waals surface area contributed by atoms with Gasteiger partial charge in [0.2, 0.25) is 0 Å². The zero-order valence-electron chi connectivity index (χ0n) is 20.8. The third kappa shape index (κ3) is 6.14. The third-order valence-electron chi connectivity index (χ3n) is 6.52. The van der Waals surface area contributed by atoms with Crippen molar-refractivity contribution in [1.29, 1.82) is 0 Å². The average molecular weight is 503 g/mol. The van der Waals surface area contributed by atoms with Crippen molar-refractivity contribution in [1.82, 2.24) is 4.90 Å². The van der Waals surface area contributed by atoms with Crippen LogP contribution in [0.15, 0.2) is 72.8 Å². The Morgan fingerprint density at radius 3 is 2.03 bits per heavy atom. The molecule has 0 spiro atoms. The smallest absolute Gasteiger partial charge is 0.419 e. The normalized spacial score (nSPS) is 11.9. The molecule has 0 radical (unpaired) electrons. The number of benzene rings is 3. The number of rotatable bonds is 10. The Morgan fingerprint density at radius 1 is 0.838 bits per heavy atom. The van der Waals surface area contributed by atoms with Crippen LogP contribution in [-0.2, 0) is 16.1 Å². The van der Waals surface area contributed by atoms with E-state index in [0.29, 0.717) is 12.0 Å². The summed E-state index contributed by atoms with van der Waals surface area (Å²) < 4.78 is 11.1. The number of ether oxygens (including phenoxy) is 2. The maximum Gasteiger partial charge on any atom is 0.419 e. The summed E-state index contributed by atoms with van der Waals surface area (Å²) in [6, 6.07) is 21.8. The third-order valence-corrected chi connectivity index (χ3v) is 6.52. The Kier molecular flexibility index (Phi) is 8.51. The second-order valence-electron chi connectivity index (χ2n) is 8.99. The number of amides is 2. The van der Waals surface area contributed by atoms with Crippen LogP contribution >= 0.6 is 0 Å². The van der Waals surface area contributed by atoms with Gasteiger partial charge in [0.15, 0.2) is 0 Å². The van der Waals surface area contributed by atoms with Crippen LogP contribution in [0.25, 0.3) is 11.1 Å². The van der Waals surface area contributed by atoms with Crippen LogP contribution in [0.1, 0.15) is 55.2 Å². The molecule has 0 N–H and O–H groups in total. The van der Waals surface area contributed by atoms with Crippen molar-refractivity contribution < 1.29 is 24.0 Å². The average Bonchev–Trinajstić information content (AvgIpc) is 3.24. The van der Waals surface area contributed by atoms with Crippen LogP contribution in [0.4, 0.5) is 15.3 Å². The molecule has 192 valence electrons. The van der Waals surface area contributed by atoms with Crippen molar-refractivity contribution in [3.8, 4) is 11.1 Å². The number of fused-ring (bicyclic) bond motifs is 3. The number of hydrogen-bond donors (Lipinski definition) is 0. The quantitative estimate of drug-likeness (QED) is 0.167. The summed E-state index contributed by atoms with van der Waals surface area (Å²) in [5.41, 5.74) is 4.96. The minimum atomic E-state index is -0.799. The summed E-state index contributed by atoms with van der Waals surface area (Å²) in [5.74, 6) is -0.116. The molecule has 8 nitrogen and oxygen atoms in total. The first-order chi connectivity index (χ1) is 18.0. The molecule has 3 aromatic rings. The highest BCUT2D eigenvalue weighted by Gasteiger charge is 2.31. The fourth-order valence-corrected chi connectivity index (χ4v) is 4.56. The predicted octanol–water partition coefficient (Wildman–Crippen LogP) is 7.06. The minimum absolute atomic E-state index is 0.0498. The first-order valence-corrected chi connectivity index (χ1v) is 12.5. The van der Waals surface area contributed by atoms with Gasteiger partial charge in [-0.2, -0.15) is 0 Å². The molecule has 0 bridgehead atoms. The van der Waals surface area contributed by atoms with E-state index in [4.69, 9.17) is 9.47 Å². The Labute approximate surface area is 216 Å². The molecule has 3 aromatic carbocycles. The van der Waals surface area contributed by atoms with Crippen LogP contribution in [0.2, 0.25) is 0 Å². The molecule has 0 fully saturated rings. The Morgan fingerprint density at radius 2 is 1.43 bits per heavy atom. The lowest BCUT2D eigenvalue weighted by Crippen LogP contribution is -2.39. The van der Waals surface area contributed by atoms with Gasteiger partial charge < -0.3 is 9.47 Å². The second kappa shape index (κ2) is 12.2. The Balaban J connectivity index is 1.42. The van der Waals surface area contributed by atoms with Gasteiger partial charge in [-0.05, 0) is 46.4 Å². The number of nitro benzene ring substituents is 1. The minimum Gasteiger partial charge on any atom is -0.448 e. The first kappa shape index (κ1) is 25.9. The number of imide groups is 1. The van der Waals surface area contributed by atoms with E-state index in [2.05, 4.69) is 19.1 Å². The van der Waals surface area contributed by atoms with Crippen LogP contribution in [0.5, 0.6) is 0 Å². The van der Waals surface area contributed by atoms with Crippen LogP contribution < -0.4 is 0 Å². The van der Waals surface area contributed by atoms with Crippen molar-refractivity contribution >= 4 is 17.9 Å². The second-order valence-corrected chi connectivity index (χ2v) is 8.99. The van der Waals surface area contributed by atoms with Crippen LogP contribution in [0.3, 0.4) is 0 Å². The van der Waals surface area contributed by atoms with E-state index >= 15 is 0 Å². The monoisotopic (exact) mass is 502 g/mol. The van der Waals surface area contributed by atoms with E-state index in [1.165, 1.54) is 24.3 Å². The van der Waals surface area contributed by atoms with Gasteiger partial charge in [-0.1, -0.05) is 74.7 Å². The van der Waals surface area contributed by atoms with Crippen molar-refractivity contribution in [2.24, 2.45) is 0 Å². The van der Waals surface area contributed by atoms with Crippen molar-refractivity contribution in [2.75, 3.05) is 13.2 Å². The first-order valence-electron chi connectivity index (χ1n) is 12.5. The van der Waals surface area contributed by atoms with Gasteiger partial charge in [-0.25, -0.2) is 14.5 Å². The van der Waals surface area contributed by atoms with Crippen LogP contribution in [-0.4, -0.2) is 35.2 Å².